The molecule has 0 N–H and O–H groups in total. The largest absolute Gasteiger partial charge is 0.457 e. The first kappa shape index (κ1) is 30.4. The van der Waals surface area contributed by atoms with Crippen LogP contribution < -0.4 is 4.74 Å². The zero-order chi connectivity index (χ0) is 33.0. The molecule has 0 aliphatic carbocycles. The highest BCUT2D eigenvalue weighted by molar-refractivity contribution is 6.09. The van der Waals surface area contributed by atoms with Crippen LogP contribution in [0.4, 0.5) is 4.39 Å². The number of aromatic nitrogens is 4. The molecule has 0 amide bonds. The van der Waals surface area contributed by atoms with Gasteiger partial charge in [0.05, 0.1) is 22.9 Å². The van der Waals surface area contributed by atoms with Gasteiger partial charge in [0.15, 0.2) is 0 Å². The second-order valence-electron chi connectivity index (χ2n) is 13.0. The maximum atomic E-state index is 14.3. The predicted octanol–water partition coefficient (Wildman–Crippen LogP) is 11.1. The van der Waals surface area contributed by atoms with Gasteiger partial charge in [-0.3, -0.25) is 4.57 Å². The molecule has 6 heteroatoms. The average molecular weight is 623 g/mol. The third kappa shape index (κ3) is 5.28. The maximum Gasteiger partial charge on any atom is 0.140 e. The molecule has 0 fully saturated rings. The lowest BCUT2D eigenvalue weighted by atomic mass is 9.78. The van der Waals surface area contributed by atoms with Gasteiger partial charge in [0.2, 0.25) is 0 Å². The standard InChI is InChI=1S/C41H39FN4O/c1-24(2)39-27(6)26(5)28(7)40(25(3)4)41(39)29-22-44-45(23-29)31-11-10-12-32(20-31)47-33-15-16-35-34-13-8-9-14-36(34)46(37(35)21-33)38-19-30(42)17-18-43-38/h8-25H,1-7H3. The molecule has 0 radical (unpaired) electrons. The van der Waals surface area contributed by atoms with Crippen molar-refractivity contribution in [2.45, 2.75) is 60.3 Å². The van der Waals surface area contributed by atoms with E-state index in [0.717, 1.165) is 33.1 Å². The molecule has 0 saturated heterocycles. The van der Waals surface area contributed by atoms with E-state index in [1.54, 1.807) is 0 Å². The molecule has 3 aromatic heterocycles. The fraction of sp³-hybridized carbons (Fsp3) is 0.220. The summed E-state index contributed by atoms with van der Waals surface area (Å²) in [4.78, 5) is 4.48. The van der Waals surface area contributed by atoms with Crippen LogP contribution in [0.3, 0.4) is 0 Å². The fourth-order valence-corrected chi connectivity index (χ4v) is 7.15. The first-order chi connectivity index (χ1) is 22.6. The molecule has 7 aromatic rings. The van der Waals surface area contributed by atoms with E-state index in [2.05, 4.69) is 71.8 Å². The predicted molar refractivity (Wildman–Crippen MR) is 190 cm³/mol. The number of benzene rings is 4. The zero-order valence-electron chi connectivity index (χ0n) is 28.0. The smallest absolute Gasteiger partial charge is 0.140 e. The van der Waals surface area contributed by atoms with Gasteiger partial charge in [-0.2, -0.15) is 5.10 Å². The molecule has 236 valence electrons. The van der Waals surface area contributed by atoms with Crippen LogP contribution in [0, 0.1) is 26.6 Å². The van der Waals surface area contributed by atoms with Crippen LogP contribution in [-0.4, -0.2) is 19.3 Å². The number of hydrogen-bond acceptors (Lipinski definition) is 3. The number of halogens is 1. The summed E-state index contributed by atoms with van der Waals surface area (Å²) >= 11 is 0. The number of pyridine rings is 1. The molecule has 0 aliphatic heterocycles. The third-order valence-corrected chi connectivity index (χ3v) is 9.40. The SMILES string of the molecule is Cc1c(C)c(C(C)C)c(-c2cnn(-c3cccc(Oc4ccc5c6ccccc6n(-c6cc(F)ccn6)c5c4)c3)c2)c(C(C)C)c1C. The quantitative estimate of drug-likeness (QED) is 0.178. The van der Waals surface area contributed by atoms with Gasteiger partial charge in [0, 0.05) is 46.9 Å². The first-order valence-electron chi connectivity index (χ1n) is 16.2. The normalized spacial score (nSPS) is 11.8. The highest BCUT2D eigenvalue weighted by Gasteiger charge is 2.23. The van der Waals surface area contributed by atoms with Gasteiger partial charge in [-0.25, -0.2) is 14.1 Å². The Labute approximate surface area is 275 Å². The molecule has 0 unspecified atom stereocenters. The minimum Gasteiger partial charge on any atom is -0.457 e. The van der Waals surface area contributed by atoms with Crippen LogP contribution in [0.5, 0.6) is 11.5 Å². The van der Waals surface area contributed by atoms with Gasteiger partial charge in [-0.15, -0.1) is 0 Å². The van der Waals surface area contributed by atoms with E-state index >= 15 is 0 Å². The van der Waals surface area contributed by atoms with Crippen molar-refractivity contribution in [3.8, 4) is 34.1 Å². The highest BCUT2D eigenvalue weighted by Crippen LogP contribution is 2.42. The van der Waals surface area contributed by atoms with E-state index in [0.29, 0.717) is 29.2 Å². The fourth-order valence-electron chi connectivity index (χ4n) is 7.15. The molecule has 0 atom stereocenters. The van der Waals surface area contributed by atoms with Gasteiger partial charge in [-0.1, -0.05) is 52.0 Å². The Morgan fingerprint density at radius 2 is 1.40 bits per heavy atom. The maximum absolute atomic E-state index is 14.3. The minimum atomic E-state index is -0.333. The topological polar surface area (TPSA) is 44.9 Å². The molecule has 0 saturated carbocycles. The minimum absolute atomic E-state index is 0.333. The van der Waals surface area contributed by atoms with Crippen molar-refractivity contribution >= 4 is 21.8 Å². The van der Waals surface area contributed by atoms with Crippen LogP contribution in [0.1, 0.15) is 67.3 Å². The molecular formula is C41H39FN4O. The number of para-hydroxylation sites is 1. The molecule has 0 aliphatic rings. The number of ether oxygens (including phenoxy) is 1. The summed E-state index contributed by atoms with van der Waals surface area (Å²) in [7, 11) is 0. The van der Waals surface area contributed by atoms with Crippen LogP contribution in [0.2, 0.25) is 0 Å². The van der Waals surface area contributed by atoms with Gasteiger partial charge in [0.25, 0.3) is 0 Å². The number of nitrogens with zero attached hydrogens (tertiary/aromatic N) is 4. The molecule has 7 rings (SSSR count). The Kier molecular flexibility index (Phi) is 7.67. The summed E-state index contributed by atoms with van der Waals surface area (Å²) < 4.78 is 24.6. The first-order valence-corrected chi connectivity index (χ1v) is 16.2. The van der Waals surface area contributed by atoms with Crippen molar-refractivity contribution in [2.24, 2.45) is 0 Å². The molecule has 0 bridgehead atoms. The van der Waals surface area contributed by atoms with Crippen molar-refractivity contribution in [2.75, 3.05) is 0 Å². The van der Waals surface area contributed by atoms with E-state index in [1.165, 1.54) is 51.7 Å². The molecule has 4 aromatic carbocycles. The van der Waals surface area contributed by atoms with Crippen molar-refractivity contribution in [1.82, 2.24) is 19.3 Å². The average Bonchev–Trinajstić information content (AvgIpc) is 3.66. The lowest BCUT2D eigenvalue weighted by Crippen LogP contribution is -2.08. The van der Waals surface area contributed by atoms with E-state index < -0.39 is 0 Å². The molecule has 0 spiro atoms. The van der Waals surface area contributed by atoms with E-state index in [9.17, 15) is 4.39 Å². The van der Waals surface area contributed by atoms with E-state index in [1.807, 2.05) is 70.0 Å². The van der Waals surface area contributed by atoms with Gasteiger partial charge in [-0.05, 0) is 102 Å². The monoisotopic (exact) mass is 622 g/mol. The summed E-state index contributed by atoms with van der Waals surface area (Å²) in [6.07, 6.45) is 5.62. The van der Waals surface area contributed by atoms with Crippen LogP contribution >= 0.6 is 0 Å². The Morgan fingerprint density at radius 3 is 2.13 bits per heavy atom. The second kappa shape index (κ2) is 11.8. The summed E-state index contributed by atoms with van der Waals surface area (Å²) in [5.74, 6) is 2.32. The van der Waals surface area contributed by atoms with Crippen LogP contribution in [0.25, 0.3) is 44.4 Å². The van der Waals surface area contributed by atoms with Gasteiger partial charge >= 0.3 is 0 Å². The Bertz CT molecular complexity index is 2260. The van der Waals surface area contributed by atoms with Crippen molar-refractivity contribution in [1.29, 1.82) is 0 Å². The Morgan fingerprint density at radius 1 is 0.702 bits per heavy atom. The highest BCUT2D eigenvalue weighted by atomic mass is 19.1. The number of fused-ring (bicyclic) bond motifs is 3. The summed E-state index contributed by atoms with van der Waals surface area (Å²) in [6.45, 7) is 15.9. The summed E-state index contributed by atoms with van der Waals surface area (Å²) in [6, 6.07) is 24.9. The number of hydrogen-bond donors (Lipinski definition) is 0. The van der Waals surface area contributed by atoms with Crippen LogP contribution in [0.15, 0.2) is 97.5 Å². The lowest BCUT2D eigenvalue weighted by Gasteiger charge is -2.26. The Balaban J connectivity index is 1.27. The van der Waals surface area contributed by atoms with Crippen molar-refractivity contribution < 1.29 is 9.13 Å². The Hall–Kier alpha value is -5.23. The molecule has 5 nitrogen and oxygen atoms in total. The lowest BCUT2D eigenvalue weighted by molar-refractivity contribution is 0.483. The molecule has 3 heterocycles. The van der Waals surface area contributed by atoms with Crippen molar-refractivity contribution in [3.63, 3.8) is 0 Å². The third-order valence-electron chi connectivity index (χ3n) is 9.40. The second-order valence-corrected chi connectivity index (χ2v) is 13.0. The summed E-state index contributed by atoms with van der Waals surface area (Å²) in [5, 5.41) is 6.94. The van der Waals surface area contributed by atoms with Gasteiger partial charge < -0.3 is 4.74 Å². The molecular weight excluding hydrogens is 583 g/mol. The van der Waals surface area contributed by atoms with E-state index in [-0.39, 0.29) is 5.82 Å². The van der Waals surface area contributed by atoms with Crippen LogP contribution in [-0.2, 0) is 0 Å². The van der Waals surface area contributed by atoms with Gasteiger partial charge in [0.1, 0.15) is 23.1 Å². The van der Waals surface area contributed by atoms with Crippen molar-refractivity contribution in [3.05, 3.63) is 131 Å². The summed E-state index contributed by atoms with van der Waals surface area (Å²) in [5.41, 5.74) is 12.1. The zero-order valence-corrected chi connectivity index (χ0v) is 28.0. The van der Waals surface area contributed by atoms with E-state index in [4.69, 9.17) is 9.84 Å². The molecule has 47 heavy (non-hydrogen) atoms. The number of rotatable bonds is 7.